The van der Waals surface area contributed by atoms with E-state index < -0.39 is 17.4 Å². The van der Waals surface area contributed by atoms with Gasteiger partial charge in [-0.2, -0.15) is 0 Å². The largest absolute Gasteiger partial charge is 0.481 e. The molecule has 1 fully saturated rings. The van der Waals surface area contributed by atoms with Gasteiger partial charge in [-0.25, -0.2) is 0 Å². The Balaban J connectivity index is 2.39. The van der Waals surface area contributed by atoms with Crippen molar-refractivity contribution in [3.05, 3.63) is 0 Å². The average molecular weight is 397 g/mol. The van der Waals surface area contributed by atoms with Crippen LogP contribution in [0, 0.1) is 29.1 Å². The van der Waals surface area contributed by atoms with Crippen LogP contribution in [0.5, 0.6) is 0 Å². The van der Waals surface area contributed by atoms with Crippen molar-refractivity contribution >= 4 is 11.9 Å². The molecule has 1 aliphatic rings. The zero-order valence-electron chi connectivity index (χ0n) is 18.7. The highest BCUT2D eigenvalue weighted by Crippen LogP contribution is 2.51. The number of carbonyl (C=O) groups is 2. The first-order valence-corrected chi connectivity index (χ1v) is 11.7. The maximum atomic E-state index is 12.2. The Hall–Kier alpha value is -1.06. The van der Waals surface area contributed by atoms with E-state index in [-0.39, 0.29) is 17.8 Å². The van der Waals surface area contributed by atoms with Crippen molar-refractivity contribution in [2.45, 2.75) is 111 Å². The molecule has 1 aliphatic carbocycles. The van der Waals surface area contributed by atoms with Crippen LogP contribution in [0.1, 0.15) is 111 Å². The Morgan fingerprint density at radius 3 is 1.89 bits per heavy atom. The normalized spacial score (nSPS) is 25.4. The lowest BCUT2D eigenvalue weighted by Gasteiger charge is -2.45. The summed E-state index contributed by atoms with van der Waals surface area (Å²) in [5, 5.41) is 19.4. The van der Waals surface area contributed by atoms with Gasteiger partial charge >= 0.3 is 11.9 Å². The molecule has 2 N–H and O–H groups in total. The highest BCUT2D eigenvalue weighted by molar-refractivity contribution is 5.77. The molecule has 1 rings (SSSR count). The van der Waals surface area contributed by atoms with Crippen LogP contribution in [0.25, 0.3) is 0 Å². The van der Waals surface area contributed by atoms with E-state index in [1.54, 1.807) is 0 Å². The third-order valence-electron chi connectivity index (χ3n) is 7.07. The van der Waals surface area contributed by atoms with Crippen LogP contribution in [0.2, 0.25) is 0 Å². The fourth-order valence-corrected chi connectivity index (χ4v) is 5.18. The molecule has 0 heterocycles. The third kappa shape index (κ3) is 7.40. The first-order chi connectivity index (χ1) is 13.2. The van der Waals surface area contributed by atoms with Crippen LogP contribution in [0.3, 0.4) is 0 Å². The van der Waals surface area contributed by atoms with E-state index in [0.29, 0.717) is 19.3 Å². The molecule has 3 atom stereocenters. The maximum absolute atomic E-state index is 12.2. The molecule has 3 unspecified atom stereocenters. The summed E-state index contributed by atoms with van der Waals surface area (Å²) < 4.78 is 0. The summed E-state index contributed by atoms with van der Waals surface area (Å²) in [5.74, 6) is -1.03. The molecule has 0 saturated heterocycles. The van der Waals surface area contributed by atoms with Gasteiger partial charge in [-0.1, -0.05) is 85.5 Å². The quantitative estimate of drug-likeness (QED) is 0.318. The molecule has 0 amide bonds. The summed E-state index contributed by atoms with van der Waals surface area (Å²) in [6, 6.07) is 0. The molecule has 164 valence electrons. The molecule has 0 aromatic carbocycles. The number of hydrogen-bond donors (Lipinski definition) is 2. The van der Waals surface area contributed by atoms with E-state index in [9.17, 15) is 19.8 Å². The molecule has 0 radical (unpaired) electrons. The second-order valence-electron chi connectivity index (χ2n) is 9.81. The van der Waals surface area contributed by atoms with E-state index in [1.165, 1.54) is 44.9 Å². The van der Waals surface area contributed by atoms with Crippen LogP contribution in [-0.2, 0) is 9.59 Å². The minimum Gasteiger partial charge on any atom is -0.481 e. The first kappa shape index (κ1) is 25.0. The van der Waals surface area contributed by atoms with Gasteiger partial charge in [0.25, 0.3) is 0 Å². The second kappa shape index (κ2) is 12.5. The minimum absolute atomic E-state index is 0.0177. The molecule has 0 bridgehead atoms. The third-order valence-corrected chi connectivity index (χ3v) is 7.07. The maximum Gasteiger partial charge on any atom is 0.310 e. The Morgan fingerprint density at radius 1 is 0.893 bits per heavy atom. The van der Waals surface area contributed by atoms with Gasteiger partial charge in [0, 0.05) is 0 Å². The van der Waals surface area contributed by atoms with Crippen LogP contribution in [0.4, 0.5) is 0 Å². The fourth-order valence-electron chi connectivity index (χ4n) is 5.18. The number of hydrogen-bond acceptors (Lipinski definition) is 2. The lowest BCUT2D eigenvalue weighted by atomic mass is 9.57. The summed E-state index contributed by atoms with van der Waals surface area (Å²) >= 11 is 0. The lowest BCUT2D eigenvalue weighted by molar-refractivity contribution is -0.165. The van der Waals surface area contributed by atoms with Crippen LogP contribution in [0.15, 0.2) is 0 Å². The van der Waals surface area contributed by atoms with Crippen LogP contribution >= 0.6 is 0 Å². The zero-order chi connectivity index (χ0) is 21.2. The molecule has 4 heteroatoms. The van der Waals surface area contributed by atoms with Crippen LogP contribution in [-0.4, -0.2) is 22.2 Å². The van der Waals surface area contributed by atoms with Crippen molar-refractivity contribution in [3.8, 4) is 0 Å². The van der Waals surface area contributed by atoms with E-state index >= 15 is 0 Å². The number of unbranched alkanes of at least 4 members (excludes halogenated alkanes) is 7. The van der Waals surface area contributed by atoms with Gasteiger partial charge in [-0.3, -0.25) is 9.59 Å². The molecular formula is C24H44O4. The van der Waals surface area contributed by atoms with E-state index in [0.717, 1.165) is 25.2 Å². The summed E-state index contributed by atoms with van der Waals surface area (Å²) in [7, 11) is 0. The molecule has 28 heavy (non-hydrogen) atoms. The smallest absolute Gasteiger partial charge is 0.310 e. The number of aliphatic carboxylic acids is 2. The monoisotopic (exact) mass is 396 g/mol. The minimum atomic E-state index is -0.759. The van der Waals surface area contributed by atoms with E-state index in [2.05, 4.69) is 13.8 Å². The number of carboxylic acids is 2. The van der Waals surface area contributed by atoms with Gasteiger partial charge in [0.2, 0.25) is 0 Å². The topological polar surface area (TPSA) is 74.6 Å². The standard InChI is InChI=1S/C24H44O4/c1-18(2)13-11-9-7-5-6-8-10-12-14-21-17-20(22(25)26)15-16-24(21,19(3)4)23(27)28/h18-21H,5-17H2,1-4H3,(H,25,26)(H,27,28). The first-order valence-electron chi connectivity index (χ1n) is 11.7. The Bertz CT molecular complexity index is 471. The Morgan fingerprint density at radius 2 is 1.43 bits per heavy atom. The molecule has 0 aromatic heterocycles. The molecule has 0 spiro atoms. The van der Waals surface area contributed by atoms with Gasteiger partial charge in [-0.05, 0) is 43.4 Å². The van der Waals surface area contributed by atoms with Gasteiger partial charge in [-0.15, -0.1) is 0 Å². The molecule has 1 saturated carbocycles. The molecule has 4 nitrogen and oxygen atoms in total. The van der Waals surface area contributed by atoms with Crippen molar-refractivity contribution < 1.29 is 19.8 Å². The summed E-state index contributed by atoms with van der Waals surface area (Å²) in [6.07, 6.45) is 13.6. The van der Waals surface area contributed by atoms with Gasteiger partial charge in [0.05, 0.1) is 11.3 Å². The van der Waals surface area contributed by atoms with Crippen molar-refractivity contribution in [1.82, 2.24) is 0 Å². The Kier molecular flexibility index (Phi) is 11.1. The lowest BCUT2D eigenvalue weighted by Crippen LogP contribution is -2.48. The molecule has 0 aliphatic heterocycles. The molecule has 0 aromatic rings. The zero-order valence-corrected chi connectivity index (χ0v) is 18.7. The summed E-state index contributed by atoms with van der Waals surface area (Å²) in [4.78, 5) is 23.6. The van der Waals surface area contributed by atoms with Gasteiger partial charge in [0.1, 0.15) is 0 Å². The van der Waals surface area contributed by atoms with Crippen molar-refractivity contribution in [3.63, 3.8) is 0 Å². The SMILES string of the molecule is CC(C)CCCCCCCCCCC1CC(C(=O)O)CCC1(C(=O)O)C(C)C. The second-order valence-corrected chi connectivity index (χ2v) is 9.81. The predicted octanol–water partition coefficient (Wildman–Crippen LogP) is 6.77. The Labute approximate surface area is 172 Å². The van der Waals surface area contributed by atoms with E-state index in [1.807, 2.05) is 13.8 Å². The predicted molar refractivity (Wildman–Crippen MR) is 114 cm³/mol. The highest BCUT2D eigenvalue weighted by Gasteiger charge is 2.51. The number of rotatable bonds is 14. The highest BCUT2D eigenvalue weighted by atomic mass is 16.4. The summed E-state index contributed by atoms with van der Waals surface area (Å²) in [6.45, 7) is 8.54. The molecular weight excluding hydrogens is 352 g/mol. The van der Waals surface area contributed by atoms with Crippen LogP contribution < -0.4 is 0 Å². The van der Waals surface area contributed by atoms with E-state index in [4.69, 9.17) is 0 Å². The van der Waals surface area contributed by atoms with Gasteiger partial charge < -0.3 is 10.2 Å². The van der Waals surface area contributed by atoms with Gasteiger partial charge in [0.15, 0.2) is 0 Å². The fraction of sp³-hybridized carbons (Fsp3) is 0.917. The summed E-state index contributed by atoms with van der Waals surface area (Å²) in [5.41, 5.74) is -0.748. The number of carboxylic acid groups (broad SMARTS) is 2. The van der Waals surface area contributed by atoms with Crippen molar-refractivity contribution in [2.75, 3.05) is 0 Å². The average Bonchev–Trinajstić information content (AvgIpc) is 2.62. The van der Waals surface area contributed by atoms with Crippen molar-refractivity contribution in [2.24, 2.45) is 29.1 Å². The van der Waals surface area contributed by atoms with Crippen molar-refractivity contribution in [1.29, 1.82) is 0 Å².